The van der Waals surface area contributed by atoms with Gasteiger partial charge >= 0.3 is 0 Å². The second-order valence-electron chi connectivity index (χ2n) is 5.87. The lowest BCUT2D eigenvalue weighted by molar-refractivity contribution is -0.138. The molecule has 1 fully saturated rings. The standard InChI is InChI=1S/C17H24N2O/c1-4-10-18-11-13-19(14-12-18)16(20)17(2,3)15-8-6-5-7-9-15/h4-9H,1,10-14H2,2-3H3. The molecular formula is C17H24N2O. The number of nitrogens with zero attached hydrogens (tertiary/aromatic N) is 2. The van der Waals surface area contributed by atoms with Gasteiger partial charge in [0.25, 0.3) is 0 Å². The van der Waals surface area contributed by atoms with Crippen molar-refractivity contribution in [3.8, 4) is 0 Å². The summed E-state index contributed by atoms with van der Waals surface area (Å²) in [5.41, 5.74) is 0.625. The van der Waals surface area contributed by atoms with E-state index in [9.17, 15) is 4.79 Å². The molecule has 0 unspecified atom stereocenters. The van der Waals surface area contributed by atoms with Gasteiger partial charge in [-0.25, -0.2) is 0 Å². The van der Waals surface area contributed by atoms with E-state index in [1.54, 1.807) is 0 Å². The molecule has 108 valence electrons. The van der Waals surface area contributed by atoms with Crippen LogP contribution in [0.5, 0.6) is 0 Å². The van der Waals surface area contributed by atoms with Crippen molar-refractivity contribution in [2.45, 2.75) is 19.3 Å². The van der Waals surface area contributed by atoms with Crippen molar-refractivity contribution in [3.05, 3.63) is 48.6 Å². The molecule has 0 atom stereocenters. The van der Waals surface area contributed by atoms with Crippen LogP contribution < -0.4 is 0 Å². The molecule has 1 saturated heterocycles. The molecular weight excluding hydrogens is 248 g/mol. The highest BCUT2D eigenvalue weighted by molar-refractivity contribution is 5.87. The summed E-state index contributed by atoms with van der Waals surface area (Å²) >= 11 is 0. The molecule has 3 heteroatoms. The van der Waals surface area contributed by atoms with E-state index in [0.717, 1.165) is 38.3 Å². The van der Waals surface area contributed by atoms with Crippen LogP contribution in [0.2, 0.25) is 0 Å². The Morgan fingerprint density at radius 3 is 2.35 bits per heavy atom. The van der Waals surface area contributed by atoms with Crippen molar-refractivity contribution >= 4 is 5.91 Å². The first-order valence-electron chi connectivity index (χ1n) is 7.24. The van der Waals surface area contributed by atoms with E-state index >= 15 is 0 Å². The van der Waals surface area contributed by atoms with Crippen LogP contribution in [0.3, 0.4) is 0 Å². The van der Waals surface area contributed by atoms with Gasteiger partial charge in [0.2, 0.25) is 5.91 Å². The second-order valence-corrected chi connectivity index (χ2v) is 5.87. The molecule has 0 radical (unpaired) electrons. The minimum Gasteiger partial charge on any atom is -0.339 e. The van der Waals surface area contributed by atoms with E-state index < -0.39 is 5.41 Å². The van der Waals surface area contributed by atoms with Gasteiger partial charge in [0.15, 0.2) is 0 Å². The quantitative estimate of drug-likeness (QED) is 0.785. The first-order valence-corrected chi connectivity index (χ1v) is 7.24. The molecule has 0 spiro atoms. The summed E-state index contributed by atoms with van der Waals surface area (Å²) in [4.78, 5) is 17.1. The lowest BCUT2D eigenvalue weighted by Crippen LogP contribution is -2.53. The van der Waals surface area contributed by atoms with Crippen molar-refractivity contribution in [2.75, 3.05) is 32.7 Å². The smallest absolute Gasteiger partial charge is 0.232 e. The largest absolute Gasteiger partial charge is 0.339 e. The fourth-order valence-electron chi connectivity index (χ4n) is 2.69. The van der Waals surface area contributed by atoms with Crippen molar-refractivity contribution in [1.82, 2.24) is 9.80 Å². The molecule has 1 aliphatic rings. The van der Waals surface area contributed by atoms with Crippen molar-refractivity contribution in [2.24, 2.45) is 0 Å². The Labute approximate surface area is 121 Å². The molecule has 3 nitrogen and oxygen atoms in total. The van der Waals surface area contributed by atoms with Gasteiger partial charge in [0.1, 0.15) is 0 Å². The van der Waals surface area contributed by atoms with Gasteiger partial charge in [-0.1, -0.05) is 36.4 Å². The second kappa shape index (κ2) is 6.23. The maximum atomic E-state index is 12.8. The normalized spacial score (nSPS) is 17.0. The summed E-state index contributed by atoms with van der Waals surface area (Å²) in [5.74, 6) is 0.224. The fourth-order valence-corrected chi connectivity index (χ4v) is 2.69. The SMILES string of the molecule is C=CCN1CCN(C(=O)C(C)(C)c2ccccc2)CC1. The Morgan fingerprint density at radius 1 is 1.20 bits per heavy atom. The van der Waals surface area contributed by atoms with Crippen molar-refractivity contribution in [1.29, 1.82) is 0 Å². The molecule has 0 bridgehead atoms. The predicted molar refractivity (Wildman–Crippen MR) is 82.7 cm³/mol. The summed E-state index contributed by atoms with van der Waals surface area (Å²) in [6.45, 7) is 12.2. The monoisotopic (exact) mass is 272 g/mol. The number of carbonyl (C=O) groups excluding carboxylic acids is 1. The van der Waals surface area contributed by atoms with E-state index in [-0.39, 0.29) is 5.91 Å². The highest BCUT2D eigenvalue weighted by Crippen LogP contribution is 2.26. The average molecular weight is 272 g/mol. The van der Waals surface area contributed by atoms with Gasteiger partial charge < -0.3 is 4.90 Å². The zero-order chi connectivity index (χ0) is 14.6. The molecule has 20 heavy (non-hydrogen) atoms. The zero-order valence-electron chi connectivity index (χ0n) is 12.5. The predicted octanol–water partition coefficient (Wildman–Crippen LogP) is 2.29. The highest BCUT2D eigenvalue weighted by Gasteiger charge is 2.34. The third-order valence-electron chi connectivity index (χ3n) is 4.08. The summed E-state index contributed by atoms with van der Waals surface area (Å²) in [5, 5.41) is 0. The summed E-state index contributed by atoms with van der Waals surface area (Å²) < 4.78 is 0. The van der Waals surface area contributed by atoms with Crippen LogP contribution in [0, 0.1) is 0 Å². The average Bonchev–Trinajstić information content (AvgIpc) is 2.48. The van der Waals surface area contributed by atoms with Crippen molar-refractivity contribution < 1.29 is 4.79 Å². The fraction of sp³-hybridized carbons (Fsp3) is 0.471. The number of rotatable bonds is 4. The summed E-state index contributed by atoms with van der Waals surface area (Å²) in [7, 11) is 0. The molecule has 0 aromatic heterocycles. The Morgan fingerprint density at radius 2 is 1.80 bits per heavy atom. The van der Waals surface area contributed by atoms with Gasteiger partial charge in [0, 0.05) is 32.7 Å². The molecule has 1 amide bonds. The summed E-state index contributed by atoms with van der Waals surface area (Å²) in [6.07, 6.45) is 1.92. The van der Waals surface area contributed by atoms with Gasteiger partial charge in [-0.3, -0.25) is 9.69 Å². The van der Waals surface area contributed by atoms with Gasteiger partial charge in [-0.15, -0.1) is 6.58 Å². The lowest BCUT2D eigenvalue weighted by atomic mass is 9.83. The minimum absolute atomic E-state index is 0.224. The number of hydrogen-bond acceptors (Lipinski definition) is 2. The number of hydrogen-bond donors (Lipinski definition) is 0. The number of piperazine rings is 1. The van der Waals surface area contributed by atoms with Gasteiger partial charge in [-0.05, 0) is 19.4 Å². The van der Waals surface area contributed by atoms with Crippen LogP contribution in [0.15, 0.2) is 43.0 Å². The molecule has 1 heterocycles. The number of benzene rings is 1. The first kappa shape index (κ1) is 14.8. The van der Waals surface area contributed by atoms with E-state index in [2.05, 4.69) is 11.5 Å². The van der Waals surface area contributed by atoms with E-state index in [0.29, 0.717) is 0 Å². The topological polar surface area (TPSA) is 23.6 Å². The maximum Gasteiger partial charge on any atom is 0.232 e. The molecule has 1 aliphatic heterocycles. The van der Waals surface area contributed by atoms with Crippen LogP contribution >= 0.6 is 0 Å². The van der Waals surface area contributed by atoms with Gasteiger partial charge in [0.05, 0.1) is 5.41 Å². The van der Waals surface area contributed by atoms with Crippen LogP contribution in [-0.4, -0.2) is 48.4 Å². The highest BCUT2D eigenvalue weighted by atomic mass is 16.2. The lowest BCUT2D eigenvalue weighted by Gasteiger charge is -2.38. The molecule has 0 N–H and O–H groups in total. The summed E-state index contributed by atoms with van der Waals surface area (Å²) in [6, 6.07) is 10.0. The van der Waals surface area contributed by atoms with E-state index in [1.807, 2.05) is 55.2 Å². The minimum atomic E-state index is -0.456. The number of amides is 1. The van der Waals surface area contributed by atoms with E-state index in [1.165, 1.54) is 0 Å². The Hall–Kier alpha value is -1.61. The van der Waals surface area contributed by atoms with Gasteiger partial charge in [-0.2, -0.15) is 0 Å². The third-order valence-corrected chi connectivity index (χ3v) is 4.08. The van der Waals surface area contributed by atoms with Crippen LogP contribution in [-0.2, 0) is 10.2 Å². The molecule has 1 aromatic carbocycles. The zero-order valence-corrected chi connectivity index (χ0v) is 12.5. The Kier molecular flexibility index (Phi) is 4.61. The Bertz CT molecular complexity index is 459. The first-order chi connectivity index (χ1) is 9.55. The van der Waals surface area contributed by atoms with Crippen LogP contribution in [0.1, 0.15) is 19.4 Å². The van der Waals surface area contributed by atoms with Crippen LogP contribution in [0.25, 0.3) is 0 Å². The molecule has 0 saturated carbocycles. The third kappa shape index (κ3) is 3.10. The number of carbonyl (C=O) groups is 1. The Balaban J connectivity index is 2.03. The molecule has 0 aliphatic carbocycles. The molecule has 1 aromatic rings. The van der Waals surface area contributed by atoms with E-state index in [4.69, 9.17) is 0 Å². The maximum absolute atomic E-state index is 12.8. The molecule has 2 rings (SSSR count). The van der Waals surface area contributed by atoms with Crippen molar-refractivity contribution in [3.63, 3.8) is 0 Å². The van der Waals surface area contributed by atoms with Crippen LogP contribution in [0.4, 0.5) is 0 Å².